The summed E-state index contributed by atoms with van der Waals surface area (Å²) >= 11 is 0. The fraction of sp³-hybridized carbons (Fsp3) is 0.105. The molecular weight excluding hydrogens is 368 g/mol. The molecule has 0 atom stereocenters. The number of aryl methyl sites for hydroxylation is 2. The van der Waals surface area contributed by atoms with Gasteiger partial charge >= 0.3 is 0 Å². The number of fused-ring (bicyclic) bond motifs is 1. The molecule has 0 unspecified atom stereocenters. The van der Waals surface area contributed by atoms with E-state index in [1.807, 2.05) is 0 Å². The third-order valence-electron chi connectivity index (χ3n) is 4.34. The number of aromatic nitrogens is 4. The number of nitrogen functional groups attached to an aromatic ring is 1. The summed E-state index contributed by atoms with van der Waals surface area (Å²) in [5.41, 5.74) is 7.84. The lowest BCUT2D eigenvalue weighted by Gasteiger charge is -2.14. The Morgan fingerprint density at radius 1 is 1.04 bits per heavy atom. The maximum atomic E-state index is 14.1. The predicted octanol–water partition coefficient (Wildman–Crippen LogP) is 2.99. The highest BCUT2D eigenvalue weighted by molar-refractivity contribution is 5.93. The molecule has 0 saturated carbocycles. The summed E-state index contributed by atoms with van der Waals surface area (Å²) in [4.78, 5) is 12.4. The van der Waals surface area contributed by atoms with Gasteiger partial charge in [-0.2, -0.15) is 0 Å². The van der Waals surface area contributed by atoms with E-state index >= 15 is 0 Å². The molecule has 0 spiro atoms. The Labute approximate surface area is 157 Å². The summed E-state index contributed by atoms with van der Waals surface area (Å²) in [6, 6.07) is 7.86. The van der Waals surface area contributed by atoms with Gasteiger partial charge in [0.05, 0.1) is 0 Å². The molecule has 0 fully saturated rings. The van der Waals surface area contributed by atoms with Gasteiger partial charge in [-0.1, -0.05) is 5.21 Å². The van der Waals surface area contributed by atoms with Gasteiger partial charge in [0, 0.05) is 43.2 Å². The van der Waals surface area contributed by atoms with Gasteiger partial charge in [-0.25, -0.2) is 13.5 Å². The number of ether oxygens (including phenoxy) is 1. The monoisotopic (exact) mass is 383 g/mol. The number of anilines is 1. The molecule has 0 bridgehead atoms. The summed E-state index contributed by atoms with van der Waals surface area (Å²) in [7, 11) is 3.25. The van der Waals surface area contributed by atoms with Gasteiger partial charge in [-0.05, 0) is 30.3 Å². The lowest BCUT2D eigenvalue weighted by molar-refractivity contribution is 0.439. The van der Waals surface area contributed by atoms with Crippen molar-refractivity contribution in [1.29, 1.82) is 0 Å². The van der Waals surface area contributed by atoms with Crippen molar-refractivity contribution in [2.45, 2.75) is 0 Å². The number of hydrogen-bond donors (Lipinski definition) is 1. The summed E-state index contributed by atoms with van der Waals surface area (Å²) in [6.07, 6.45) is 1.61. The van der Waals surface area contributed by atoms with Crippen molar-refractivity contribution in [3.8, 4) is 22.6 Å². The van der Waals surface area contributed by atoms with Crippen LogP contribution in [-0.4, -0.2) is 19.6 Å². The van der Waals surface area contributed by atoms with Gasteiger partial charge in [0.2, 0.25) is 0 Å². The van der Waals surface area contributed by atoms with E-state index in [0.717, 1.165) is 12.1 Å². The highest BCUT2D eigenvalue weighted by Crippen LogP contribution is 2.38. The van der Waals surface area contributed by atoms with Crippen molar-refractivity contribution in [3.05, 3.63) is 64.6 Å². The molecule has 0 aliphatic heterocycles. The SMILES string of the molecule is Cn1cc(-c2cc(N)ccc2Oc2ccc(F)cc2F)c2c(nnn2C)c1=O. The van der Waals surface area contributed by atoms with Crippen LogP contribution in [0.1, 0.15) is 0 Å². The number of nitrogens with two attached hydrogens (primary N) is 1. The Morgan fingerprint density at radius 2 is 1.79 bits per heavy atom. The van der Waals surface area contributed by atoms with Gasteiger partial charge in [0.15, 0.2) is 17.1 Å². The molecule has 0 radical (unpaired) electrons. The van der Waals surface area contributed by atoms with Crippen molar-refractivity contribution < 1.29 is 13.5 Å². The minimum atomic E-state index is -0.837. The molecule has 2 heterocycles. The second-order valence-corrected chi connectivity index (χ2v) is 6.30. The second-order valence-electron chi connectivity index (χ2n) is 6.30. The van der Waals surface area contributed by atoms with Gasteiger partial charge in [0.1, 0.15) is 17.1 Å². The molecule has 7 nitrogen and oxygen atoms in total. The zero-order valence-electron chi connectivity index (χ0n) is 15.0. The van der Waals surface area contributed by atoms with Crippen molar-refractivity contribution in [2.24, 2.45) is 14.1 Å². The fourth-order valence-corrected chi connectivity index (χ4v) is 3.00. The van der Waals surface area contributed by atoms with Gasteiger partial charge < -0.3 is 15.0 Å². The summed E-state index contributed by atoms with van der Waals surface area (Å²) in [5, 5.41) is 7.85. The lowest BCUT2D eigenvalue weighted by Crippen LogP contribution is -2.17. The Hall–Kier alpha value is -3.75. The fourth-order valence-electron chi connectivity index (χ4n) is 3.00. The lowest BCUT2D eigenvalue weighted by atomic mass is 10.0. The molecule has 9 heteroatoms. The van der Waals surface area contributed by atoms with E-state index in [9.17, 15) is 13.6 Å². The highest BCUT2D eigenvalue weighted by Gasteiger charge is 2.19. The molecule has 4 rings (SSSR count). The molecule has 4 aromatic rings. The first kappa shape index (κ1) is 17.7. The summed E-state index contributed by atoms with van der Waals surface area (Å²) in [5.74, 6) is -1.41. The maximum absolute atomic E-state index is 14.1. The number of halogens is 2. The molecule has 28 heavy (non-hydrogen) atoms. The average molecular weight is 383 g/mol. The van der Waals surface area contributed by atoms with Crippen LogP contribution in [0.3, 0.4) is 0 Å². The average Bonchev–Trinajstić information content (AvgIpc) is 3.04. The first-order valence-corrected chi connectivity index (χ1v) is 8.27. The van der Waals surface area contributed by atoms with Crippen molar-refractivity contribution in [2.75, 3.05) is 5.73 Å². The van der Waals surface area contributed by atoms with Crippen LogP contribution in [0.25, 0.3) is 22.2 Å². The number of hydrogen-bond acceptors (Lipinski definition) is 5. The Morgan fingerprint density at radius 3 is 2.54 bits per heavy atom. The van der Waals surface area contributed by atoms with E-state index in [1.54, 1.807) is 38.5 Å². The maximum Gasteiger partial charge on any atom is 0.280 e. The molecule has 2 aromatic heterocycles. The van der Waals surface area contributed by atoms with E-state index in [0.29, 0.717) is 22.3 Å². The molecule has 2 N–H and O–H groups in total. The van der Waals surface area contributed by atoms with E-state index < -0.39 is 11.6 Å². The molecular formula is C19H15F2N5O2. The van der Waals surface area contributed by atoms with E-state index in [2.05, 4.69) is 10.3 Å². The number of pyridine rings is 1. The number of benzene rings is 2. The van der Waals surface area contributed by atoms with Crippen LogP contribution in [-0.2, 0) is 14.1 Å². The summed E-state index contributed by atoms with van der Waals surface area (Å²) in [6.45, 7) is 0. The molecule has 142 valence electrons. The van der Waals surface area contributed by atoms with Crippen LogP contribution in [0.15, 0.2) is 47.4 Å². The van der Waals surface area contributed by atoms with Crippen LogP contribution >= 0.6 is 0 Å². The van der Waals surface area contributed by atoms with E-state index in [-0.39, 0.29) is 22.6 Å². The Balaban J connectivity index is 1.95. The Kier molecular flexibility index (Phi) is 4.07. The normalized spacial score (nSPS) is 11.1. The summed E-state index contributed by atoms with van der Waals surface area (Å²) < 4.78 is 35.8. The van der Waals surface area contributed by atoms with Crippen LogP contribution in [0, 0.1) is 11.6 Å². The van der Waals surface area contributed by atoms with Crippen LogP contribution in [0.2, 0.25) is 0 Å². The number of nitrogens with zero attached hydrogens (tertiary/aromatic N) is 4. The first-order chi connectivity index (χ1) is 13.3. The molecule has 0 saturated heterocycles. The minimum Gasteiger partial charge on any atom is -0.454 e. The van der Waals surface area contributed by atoms with Gasteiger partial charge in [-0.15, -0.1) is 5.10 Å². The largest absolute Gasteiger partial charge is 0.454 e. The van der Waals surface area contributed by atoms with E-state index in [4.69, 9.17) is 10.5 Å². The van der Waals surface area contributed by atoms with Crippen LogP contribution in [0.5, 0.6) is 11.5 Å². The first-order valence-electron chi connectivity index (χ1n) is 8.27. The zero-order valence-corrected chi connectivity index (χ0v) is 15.0. The predicted molar refractivity (Wildman–Crippen MR) is 100 cm³/mol. The van der Waals surface area contributed by atoms with Crippen molar-refractivity contribution in [3.63, 3.8) is 0 Å². The second kappa shape index (κ2) is 6.45. The van der Waals surface area contributed by atoms with E-state index in [1.165, 1.54) is 15.3 Å². The zero-order chi connectivity index (χ0) is 20.0. The topological polar surface area (TPSA) is 88.0 Å². The standard InChI is InChI=1S/C19H15F2N5O2/c1-25-9-13(18-17(19(25)27)23-24-26(18)2)12-8-11(22)4-6-15(12)28-16-5-3-10(20)7-14(16)21/h3-9H,22H2,1-2H3. The van der Waals surface area contributed by atoms with Crippen molar-refractivity contribution in [1.82, 2.24) is 19.6 Å². The molecule has 0 amide bonds. The third kappa shape index (κ3) is 2.86. The third-order valence-corrected chi connectivity index (χ3v) is 4.34. The van der Waals surface area contributed by atoms with Gasteiger partial charge in [0.25, 0.3) is 5.56 Å². The minimum absolute atomic E-state index is 0.142. The van der Waals surface area contributed by atoms with Crippen LogP contribution < -0.4 is 16.0 Å². The molecule has 2 aromatic carbocycles. The van der Waals surface area contributed by atoms with Crippen LogP contribution in [0.4, 0.5) is 14.5 Å². The molecule has 0 aliphatic carbocycles. The highest BCUT2D eigenvalue weighted by atomic mass is 19.1. The quantitative estimate of drug-likeness (QED) is 0.550. The molecule has 0 aliphatic rings. The van der Waals surface area contributed by atoms with Gasteiger partial charge in [-0.3, -0.25) is 4.79 Å². The smallest absolute Gasteiger partial charge is 0.280 e. The Bertz CT molecular complexity index is 1280. The number of rotatable bonds is 3. The van der Waals surface area contributed by atoms with Crippen molar-refractivity contribution >= 4 is 16.7 Å².